The lowest BCUT2D eigenvalue weighted by molar-refractivity contribution is -0.130. The molecule has 4 nitrogen and oxygen atoms in total. The molecule has 4 rings (SSSR count). The van der Waals surface area contributed by atoms with Crippen LogP contribution in [0.15, 0.2) is 24.3 Å². The molecule has 4 heteroatoms. The third-order valence-corrected chi connectivity index (χ3v) is 4.80. The van der Waals surface area contributed by atoms with Crippen LogP contribution in [0.1, 0.15) is 28.8 Å². The summed E-state index contributed by atoms with van der Waals surface area (Å²) < 4.78 is 0. The van der Waals surface area contributed by atoms with E-state index in [1.807, 2.05) is 24.3 Å². The SMILES string of the molecule is N[C@H]1C[C@@H]2C[C@@H]2[C@H]1N1C(=O)Cc2ccccc2C1=O. The molecule has 0 aromatic heterocycles. The van der Waals surface area contributed by atoms with Gasteiger partial charge in [-0.25, -0.2) is 0 Å². The van der Waals surface area contributed by atoms with Gasteiger partial charge >= 0.3 is 0 Å². The zero-order valence-corrected chi connectivity index (χ0v) is 10.6. The van der Waals surface area contributed by atoms with Crippen molar-refractivity contribution in [1.82, 2.24) is 4.90 Å². The van der Waals surface area contributed by atoms with Gasteiger partial charge in [0.05, 0.1) is 12.5 Å². The summed E-state index contributed by atoms with van der Waals surface area (Å²) in [5, 5.41) is 0. The van der Waals surface area contributed by atoms with Crippen molar-refractivity contribution in [2.24, 2.45) is 17.6 Å². The normalized spacial score (nSPS) is 36.2. The first-order valence-corrected chi connectivity index (χ1v) is 6.86. The van der Waals surface area contributed by atoms with Gasteiger partial charge < -0.3 is 5.73 Å². The van der Waals surface area contributed by atoms with Crippen molar-refractivity contribution < 1.29 is 9.59 Å². The van der Waals surface area contributed by atoms with Gasteiger partial charge in [0.1, 0.15) is 0 Å². The number of carbonyl (C=O) groups excluding carboxylic acids is 2. The van der Waals surface area contributed by atoms with Crippen molar-refractivity contribution in [3.63, 3.8) is 0 Å². The second-order valence-corrected chi connectivity index (χ2v) is 5.95. The summed E-state index contributed by atoms with van der Waals surface area (Å²) >= 11 is 0. The Labute approximate surface area is 111 Å². The van der Waals surface area contributed by atoms with Crippen LogP contribution in [0, 0.1) is 11.8 Å². The molecule has 0 unspecified atom stereocenters. The third kappa shape index (κ3) is 1.49. The summed E-state index contributed by atoms with van der Waals surface area (Å²) in [5.41, 5.74) is 7.63. The maximum atomic E-state index is 12.6. The molecular weight excluding hydrogens is 240 g/mol. The molecule has 1 heterocycles. The second-order valence-electron chi connectivity index (χ2n) is 5.95. The average Bonchev–Trinajstić information content (AvgIpc) is 3.06. The first-order chi connectivity index (χ1) is 9.16. The summed E-state index contributed by atoms with van der Waals surface area (Å²) in [6, 6.07) is 7.27. The molecule has 19 heavy (non-hydrogen) atoms. The first kappa shape index (κ1) is 11.2. The fourth-order valence-corrected chi connectivity index (χ4v) is 3.83. The van der Waals surface area contributed by atoms with Crippen molar-refractivity contribution >= 4 is 11.8 Å². The highest BCUT2D eigenvalue weighted by molar-refractivity contribution is 6.10. The number of hydrogen-bond donors (Lipinski definition) is 1. The van der Waals surface area contributed by atoms with Crippen molar-refractivity contribution in [1.29, 1.82) is 0 Å². The number of carbonyl (C=O) groups is 2. The van der Waals surface area contributed by atoms with Gasteiger partial charge in [-0.05, 0) is 36.3 Å². The Bertz CT molecular complexity index is 581. The van der Waals surface area contributed by atoms with Gasteiger partial charge in [0.25, 0.3) is 5.91 Å². The lowest BCUT2D eigenvalue weighted by Crippen LogP contribution is -2.54. The highest BCUT2D eigenvalue weighted by atomic mass is 16.2. The van der Waals surface area contributed by atoms with E-state index in [2.05, 4.69) is 0 Å². The minimum absolute atomic E-state index is 0.0399. The third-order valence-electron chi connectivity index (χ3n) is 4.80. The Morgan fingerprint density at radius 3 is 2.68 bits per heavy atom. The topological polar surface area (TPSA) is 63.4 Å². The molecule has 4 atom stereocenters. The van der Waals surface area contributed by atoms with Crippen LogP contribution >= 0.6 is 0 Å². The summed E-state index contributed by atoms with van der Waals surface area (Å²) in [6.45, 7) is 0. The zero-order chi connectivity index (χ0) is 13.1. The minimum atomic E-state index is -0.153. The molecule has 1 aromatic carbocycles. The molecule has 0 radical (unpaired) electrons. The molecule has 1 aromatic rings. The number of amides is 2. The van der Waals surface area contributed by atoms with Crippen molar-refractivity contribution in [2.75, 3.05) is 0 Å². The lowest BCUT2D eigenvalue weighted by atomic mass is 9.95. The number of nitrogens with two attached hydrogens (primary N) is 1. The number of hydrogen-bond acceptors (Lipinski definition) is 3. The van der Waals surface area contributed by atoms with E-state index in [1.165, 1.54) is 4.90 Å². The van der Waals surface area contributed by atoms with Gasteiger partial charge in [0.15, 0.2) is 0 Å². The fraction of sp³-hybridized carbons (Fsp3) is 0.467. The second kappa shape index (κ2) is 3.67. The Kier molecular flexibility index (Phi) is 2.16. The van der Waals surface area contributed by atoms with E-state index in [0.717, 1.165) is 18.4 Å². The van der Waals surface area contributed by atoms with Gasteiger partial charge in [0.2, 0.25) is 5.91 Å². The van der Waals surface area contributed by atoms with Crippen LogP contribution in [0.4, 0.5) is 0 Å². The summed E-state index contributed by atoms with van der Waals surface area (Å²) in [7, 11) is 0. The molecule has 0 saturated heterocycles. The quantitative estimate of drug-likeness (QED) is 0.761. The fourth-order valence-electron chi connectivity index (χ4n) is 3.83. The van der Waals surface area contributed by atoms with Crippen LogP contribution in [0.25, 0.3) is 0 Å². The van der Waals surface area contributed by atoms with Crippen molar-refractivity contribution in [3.8, 4) is 0 Å². The molecule has 2 amide bonds. The smallest absolute Gasteiger partial charge is 0.261 e. The van der Waals surface area contributed by atoms with Gasteiger partial charge in [-0.3, -0.25) is 14.5 Å². The van der Waals surface area contributed by atoms with E-state index >= 15 is 0 Å². The largest absolute Gasteiger partial charge is 0.326 e. The Hall–Kier alpha value is -1.68. The maximum Gasteiger partial charge on any atom is 0.261 e. The number of imide groups is 1. The molecule has 3 aliphatic rings. The number of rotatable bonds is 1. The zero-order valence-electron chi connectivity index (χ0n) is 10.6. The van der Waals surface area contributed by atoms with Crippen molar-refractivity contribution in [3.05, 3.63) is 35.4 Å². The van der Waals surface area contributed by atoms with Gasteiger partial charge in [0, 0.05) is 11.6 Å². The van der Waals surface area contributed by atoms with E-state index in [9.17, 15) is 9.59 Å². The van der Waals surface area contributed by atoms with E-state index in [-0.39, 0.29) is 23.9 Å². The number of benzene rings is 1. The Balaban J connectivity index is 1.74. The van der Waals surface area contributed by atoms with Gasteiger partial charge in [-0.1, -0.05) is 18.2 Å². The Morgan fingerprint density at radius 1 is 1.16 bits per heavy atom. The average molecular weight is 256 g/mol. The van der Waals surface area contributed by atoms with Crippen LogP contribution in [0.2, 0.25) is 0 Å². The highest BCUT2D eigenvalue weighted by Crippen LogP contribution is 2.53. The molecule has 98 valence electrons. The van der Waals surface area contributed by atoms with E-state index in [4.69, 9.17) is 5.73 Å². The van der Waals surface area contributed by atoms with Crippen LogP contribution in [0.3, 0.4) is 0 Å². The van der Waals surface area contributed by atoms with Crippen LogP contribution in [0.5, 0.6) is 0 Å². The molecule has 2 fully saturated rings. The van der Waals surface area contributed by atoms with Crippen LogP contribution < -0.4 is 5.73 Å². The maximum absolute atomic E-state index is 12.6. The van der Waals surface area contributed by atoms with E-state index in [0.29, 0.717) is 23.8 Å². The monoisotopic (exact) mass is 256 g/mol. The van der Waals surface area contributed by atoms with E-state index < -0.39 is 0 Å². The Morgan fingerprint density at radius 2 is 1.95 bits per heavy atom. The lowest BCUT2D eigenvalue weighted by Gasteiger charge is -2.35. The van der Waals surface area contributed by atoms with Crippen molar-refractivity contribution in [2.45, 2.75) is 31.3 Å². The van der Waals surface area contributed by atoms with Crippen LogP contribution in [-0.2, 0) is 11.2 Å². The molecular formula is C15H16N2O2. The molecule has 1 aliphatic heterocycles. The molecule has 0 bridgehead atoms. The molecule has 2 N–H and O–H groups in total. The number of fused-ring (bicyclic) bond motifs is 2. The predicted molar refractivity (Wildman–Crippen MR) is 69.3 cm³/mol. The van der Waals surface area contributed by atoms with Gasteiger partial charge in [-0.2, -0.15) is 0 Å². The summed E-state index contributed by atoms with van der Waals surface area (Å²) in [4.78, 5) is 26.3. The predicted octanol–water partition coefficient (Wildman–Crippen LogP) is 0.947. The first-order valence-electron chi connectivity index (χ1n) is 6.86. The molecule has 2 aliphatic carbocycles. The van der Waals surface area contributed by atoms with E-state index in [1.54, 1.807) is 0 Å². The van der Waals surface area contributed by atoms with Gasteiger partial charge in [-0.15, -0.1) is 0 Å². The standard InChI is InChI=1S/C15H16N2O2/c16-12-6-9-5-11(9)14(12)17-13(18)7-8-3-1-2-4-10(8)15(17)19/h1-4,9,11-12,14H,5-7,16H2/t9-,11-,12-,14+/m0/s1. The minimum Gasteiger partial charge on any atom is -0.326 e. The highest BCUT2D eigenvalue weighted by Gasteiger charge is 2.57. The van der Waals surface area contributed by atoms with Crippen LogP contribution in [-0.4, -0.2) is 28.8 Å². The molecule has 2 saturated carbocycles. The number of nitrogens with zero attached hydrogens (tertiary/aromatic N) is 1. The summed E-state index contributed by atoms with van der Waals surface area (Å²) in [5.74, 6) is 0.850. The summed E-state index contributed by atoms with van der Waals surface area (Å²) in [6.07, 6.45) is 2.40. The molecule has 0 spiro atoms.